The SMILES string of the molecule is Cc1ccc2c(c1)c1ccccc1n2-c1ccc(-c2nc(-n3c4ccccc4c4cnccc43)cc(-c3ccccc3-c3nc(-c4ccccc4)nc(-c4ccccc4)n3)c2-n2c3ccccc3c3cnccc32)cc1. The van der Waals surface area contributed by atoms with Crippen molar-refractivity contribution < 1.29 is 0 Å². The number of nitrogens with zero attached hydrogens (tertiary/aromatic N) is 9. The molecule has 356 valence electrons. The molecule has 0 radical (unpaired) electrons. The maximum absolute atomic E-state index is 5.91. The molecule has 0 aliphatic rings. The van der Waals surface area contributed by atoms with Gasteiger partial charge in [0.2, 0.25) is 0 Å². The fraction of sp³-hybridized carbons (Fsp3) is 0.0149. The van der Waals surface area contributed by atoms with E-state index in [2.05, 4.69) is 188 Å². The summed E-state index contributed by atoms with van der Waals surface area (Å²) < 4.78 is 7.02. The van der Waals surface area contributed by atoms with Gasteiger partial charge in [-0.25, -0.2) is 19.9 Å². The van der Waals surface area contributed by atoms with E-state index in [1.165, 1.54) is 16.3 Å². The second-order valence-corrected chi connectivity index (χ2v) is 19.2. The van der Waals surface area contributed by atoms with Crippen molar-refractivity contribution >= 4 is 65.4 Å². The molecule has 0 saturated heterocycles. The van der Waals surface area contributed by atoms with E-state index in [4.69, 9.17) is 19.9 Å². The van der Waals surface area contributed by atoms with Crippen LogP contribution in [0.2, 0.25) is 0 Å². The van der Waals surface area contributed by atoms with Crippen molar-refractivity contribution in [3.05, 3.63) is 249 Å². The number of aryl methyl sites for hydroxylation is 1. The summed E-state index contributed by atoms with van der Waals surface area (Å²) in [4.78, 5) is 31.0. The minimum atomic E-state index is 0.550. The van der Waals surface area contributed by atoms with Gasteiger partial charge in [-0.2, -0.15) is 0 Å². The first-order valence-corrected chi connectivity index (χ1v) is 25.4. The monoisotopic (exact) mass is 973 g/mol. The Kier molecular flexibility index (Phi) is 9.89. The highest BCUT2D eigenvalue weighted by molar-refractivity contribution is 6.12. The lowest BCUT2D eigenvalue weighted by Crippen LogP contribution is -2.08. The Morgan fingerprint density at radius 1 is 0.316 bits per heavy atom. The van der Waals surface area contributed by atoms with Crippen molar-refractivity contribution in [1.82, 2.24) is 43.6 Å². The van der Waals surface area contributed by atoms with Crippen LogP contribution in [0.5, 0.6) is 0 Å². The van der Waals surface area contributed by atoms with Gasteiger partial charge in [0, 0.05) is 90.6 Å². The van der Waals surface area contributed by atoms with Crippen LogP contribution in [0.1, 0.15) is 5.56 Å². The van der Waals surface area contributed by atoms with Crippen molar-refractivity contribution in [3.63, 3.8) is 0 Å². The Bertz CT molecular complexity index is 4600. The van der Waals surface area contributed by atoms with Gasteiger partial charge in [0.1, 0.15) is 5.82 Å². The topological polar surface area (TPSA) is 92.1 Å². The third-order valence-corrected chi connectivity index (χ3v) is 14.8. The van der Waals surface area contributed by atoms with Crippen LogP contribution in [0.15, 0.2) is 243 Å². The van der Waals surface area contributed by atoms with Gasteiger partial charge in [-0.15, -0.1) is 0 Å². The van der Waals surface area contributed by atoms with Crippen LogP contribution in [0.4, 0.5) is 0 Å². The molecule has 0 N–H and O–H groups in total. The number of fused-ring (bicyclic) bond motifs is 9. The van der Waals surface area contributed by atoms with E-state index < -0.39 is 0 Å². The zero-order chi connectivity index (χ0) is 50.3. The summed E-state index contributed by atoms with van der Waals surface area (Å²) in [5.41, 5.74) is 15.8. The summed E-state index contributed by atoms with van der Waals surface area (Å²) in [7, 11) is 0. The van der Waals surface area contributed by atoms with Gasteiger partial charge in [0.25, 0.3) is 0 Å². The fourth-order valence-electron chi connectivity index (χ4n) is 11.4. The van der Waals surface area contributed by atoms with Gasteiger partial charge in [0.15, 0.2) is 17.5 Å². The van der Waals surface area contributed by atoms with Crippen LogP contribution >= 0.6 is 0 Å². The first-order chi connectivity index (χ1) is 37.6. The smallest absolute Gasteiger partial charge is 0.164 e. The van der Waals surface area contributed by atoms with Crippen LogP contribution in [-0.2, 0) is 0 Å². The summed E-state index contributed by atoms with van der Waals surface area (Å²) in [6.45, 7) is 2.16. The van der Waals surface area contributed by atoms with Gasteiger partial charge >= 0.3 is 0 Å². The van der Waals surface area contributed by atoms with Crippen LogP contribution < -0.4 is 0 Å². The Labute approximate surface area is 436 Å². The number of hydrogen-bond donors (Lipinski definition) is 0. The lowest BCUT2D eigenvalue weighted by molar-refractivity contribution is 1.06. The average molecular weight is 974 g/mol. The Morgan fingerprint density at radius 3 is 1.43 bits per heavy atom. The molecule has 0 unspecified atom stereocenters. The molecule has 0 aliphatic heterocycles. The van der Waals surface area contributed by atoms with Gasteiger partial charge in [0.05, 0.1) is 44.5 Å². The number of para-hydroxylation sites is 3. The molecule has 9 heteroatoms. The number of rotatable bonds is 8. The lowest BCUT2D eigenvalue weighted by atomic mass is 9.95. The minimum absolute atomic E-state index is 0.550. The van der Waals surface area contributed by atoms with E-state index in [-0.39, 0.29) is 0 Å². The number of aromatic nitrogens is 9. The molecule has 7 aromatic heterocycles. The van der Waals surface area contributed by atoms with Crippen LogP contribution in [-0.4, -0.2) is 43.6 Å². The van der Waals surface area contributed by atoms with E-state index in [9.17, 15) is 0 Å². The fourth-order valence-corrected chi connectivity index (χ4v) is 11.4. The molecule has 9 nitrogen and oxygen atoms in total. The standard InChI is InChI=1S/C67H43N9/c1-42-28-33-59-52(38-42)48-21-10-13-25-56(48)74(59)46-31-29-43(30-32-46)63-64(76-58-27-15-12-23-50(58)55-41-69-37-35-61(55)76)53(39-62(70-63)75-57-26-14-11-22-49(57)54-40-68-36-34-60(54)75)47-20-8-9-24-51(47)67-72-65(44-16-4-2-5-17-44)71-66(73-67)45-18-6-3-7-19-45/h2-41H,1H3. The molecule has 0 atom stereocenters. The Balaban J connectivity index is 1.07. The first kappa shape index (κ1) is 43.2. The maximum atomic E-state index is 5.91. The number of benzene rings is 8. The molecule has 0 saturated carbocycles. The second-order valence-electron chi connectivity index (χ2n) is 19.2. The van der Waals surface area contributed by atoms with Crippen molar-refractivity contribution in [2.75, 3.05) is 0 Å². The lowest BCUT2D eigenvalue weighted by Gasteiger charge is -2.22. The van der Waals surface area contributed by atoms with Crippen molar-refractivity contribution in [1.29, 1.82) is 0 Å². The van der Waals surface area contributed by atoms with Crippen LogP contribution in [0.3, 0.4) is 0 Å². The molecular formula is C67H43N9. The average Bonchev–Trinajstić information content (AvgIpc) is 4.22. The van der Waals surface area contributed by atoms with E-state index in [0.29, 0.717) is 17.5 Å². The predicted octanol–water partition coefficient (Wildman–Crippen LogP) is 16.0. The van der Waals surface area contributed by atoms with Crippen molar-refractivity contribution in [2.45, 2.75) is 6.92 Å². The quantitative estimate of drug-likeness (QED) is 0.151. The van der Waals surface area contributed by atoms with Gasteiger partial charge in [-0.1, -0.05) is 163 Å². The predicted molar refractivity (Wildman–Crippen MR) is 308 cm³/mol. The van der Waals surface area contributed by atoms with Gasteiger partial charge < -0.3 is 9.13 Å². The highest BCUT2D eigenvalue weighted by Crippen LogP contribution is 2.45. The molecule has 0 bridgehead atoms. The van der Waals surface area contributed by atoms with Crippen LogP contribution in [0, 0.1) is 6.92 Å². The molecule has 7 heterocycles. The van der Waals surface area contributed by atoms with Gasteiger partial charge in [-0.3, -0.25) is 14.5 Å². The van der Waals surface area contributed by atoms with E-state index >= 15 is 0 Å². The molecule has 15 aromatic rings. The zero-order valence-electron chi connectivity index (χ0n) is 41.1. The second kappa shape index (κ2) is 17.4. The summed E-state index contributed by atoms with van der Waals surface area (Å²) in [5, 5.41) is 6.71. The molecule has 15 rings (SSSR count). The Hall–Kier alpha value is -10.4. The molecular weight excluding hydrogens is 931 g/mol. The van der Waals surface area contributed by atoms with Crippen molar-refractivity contribution in [3.8, 4) is 73.7 Å². The number of pyridine rings is 3. The molecule has 0 fully saturated rings. The van der Waals surface area contributed by atoms with E-state index in [1.54, 1.807) is 0 Å². The zero-order valence-corrected chi connectivity index (χ0v) is 41.1. The van der Waals surface area contributed by atoms with Crippen LogP contribution in [0.25, 0.3) is 139 Å². The van der Waals surface area contributed by atoms with Gasteiger partial charge in [-0.05, 0) is 73.2 Å². The summed E-state index contributed by atoms with van der Waals surface area (Å²) in [6, 6.07) is 76.6. The van der Waals surface area contributed by atoms with Crippen molar-refractivity contribution in [2.24, 2.45) is 0 Å². The highest BCUT2D eigenvalue weighted by Gasteiger charge is 2.27. The third-order valence-electron chi connectivity index (χ3n) is 14.8. The Morgan fingerprint density at radius 2 is 0.803 bits per heavy atom. The van der Waals surface area contributed by atoms with E-state index in [0.717, 1.165) is 111 Å². The largest absolute Gasteiger partial charge is 0.309 e. The highest BCUT2D eigenvalue weighted by atomic mass is 15.1. The number of hydrogen-bond acceptors (Lipinski definition) is 6. The molecule has 8 aromatic carbocycles. The summed E-state index contributed by atoms with van der Waals surface area (Å²) in [5.74, 6) is 2.47. The van der Waals surface area contributed by atoms with E-state index in [1.807, 2.05) is 85.5 Å². The minimum Gasteiger partial charge on any atom is -0.309 e. The summed E-state index contributed by atoms with van der Waals surface area (Å²) in [6.07, 6.45) is 7.66. The first-order valence-electron chi connectivity index (χ1n) is 25.4. The normalized spacial score (nSPS) is 11.8. The third kappa shape index (κ3) is 6.87. The molecule has 76 heavy (non-hydrogen) atoms. The molecule has 0 amide bonds. The summed E-state index contributed by atoms with van der Waals surface area (Å²) >= 11 is 0. The molecule has 0 spiro atoms. The molecule has 0 aliphatic carbocycles. The maximum Gasteiger partial charge on any atom is 0.164 e.